The summed E-state index contributed by atoms with van der Waals surface area (Å²) < 4.78 is 0. The number of carboxylic acid groups (broad SMARTS) is 1. The molecule has 0 amide bonds. The molecule has 7 nitrogen and oxygen atoms in total. The topological polar surface area (TPSA) is 105 Å². The van der Waals surface area contributed by atoms with E-state index >= 15 is 0 Å². The minimum atomic E-state index is -0.990. The minimum absolute atomic E-state index is 0.186. The summed E-state index contributed by atoms with van der Waals surface area (Å²) in [6, 6.07) is 16.8. The van der Waals surface area contributed by atoms with E-state index in [2.05, 4.69) is 24.9 Å². The fraction of sp³-hybridized carbons (Fsp3) is 0.0417. The summed E-state index contributed by atoms with van der Waals surface area (Å²) in [6.45, 7) is 1.95. The molecule has 0 aliphatic rings. The third-order valence-corrected chi connectivity index (χ3v) is 5.04. The number of carbonyl (C=O) groups is 1. The quantitative estimate of drug-likeness (QED) is 0.445. The van der Waals surface area contributed by atoms with Crippen LogP contribution in [0.15, 0.2) is 73.3 Å². The molecule has 5 aromatic rings. The Bertz CT molecular complexity index is 1440. The Balaban J connectivity index is 1.59. The average Bonchev–Trinajstić information content (AvgIpc) is 3.28. The number of hydrogen-bond acceptors (Lipinski definition) is 5. The number of aromatic amines is 1. The van der Waals surface area contributed by atoms with Crippen LogP contribution in [0.2, 0.25) is 0 Å². The fourth-order valence-corrected chi connectivity index (χ4v) is 3.53. The highest BCUT2D eigenvalue weighted by Crippen LogP contribution is 2.31. The smallest absolute Gasteiger partial charge is 0.335 e. The lowest BCUT2D eigenvalue weighted by Gasteiger charge is -2.07. The van der Waals surface area contributed by atoms with Crippen LogP contribution in [-0.2, 0) is 0 Å². The van der Waals surface area contributed by atoms with Crippen LogP contribution in [0, 0.1) is 6.92 Å². The molecule has 0 aliphatic carbocycles. The lowest BCUT2D eigenvalue weighted by molar-refractivity contribution is 0.0697. The van der Waals surface area contributed by atoms with E-state index in [4.69, 9.17) is 0 Å². The molecular weight excluding hydrogens is 390 g/mol. The first kappa shape index (κ1) is 18.6. The van der Waals surface area contributed by atoms with Crippen LogP contribution >= 0.6 is 0 Å². The highest BCUT2D eigenvalue weighted by atomic mass is 16.4. The number of carboxylic acids is 1. The van der Waals surface area contributed by atoms with Crippen molar-refractivity contribution in [2.45, 2.75) is 6.92 Å². The first-order valence-corrected chi connectivity index (χ1v) is 9.66. The van der Waals surface area contributed by atoms with Crippen molar-refractivity contribution in [1.82, 2.24) is 24.9 Å². The maximum absolute atomic E-state index is 11.3. The van der Waals surface area contributed by atoms with E-state index in [1.54, 1.807) is 18.6 Å². The minimum Gasteiger partial charge on any atom is -0.478 e. The number of H-pyrrole nitrogens is 1. The number of pyridine rings is 3. The normalized spacial score (nSPS) is 11.0. The van der Waals surface area contributed by atoms with Gasteiger partial charge in [-0.15, -0.1) is 0 Å². The summed E-state index contributed by atoms with van der Waals surface area (Å²) in [5.74, 6) is -0.990. The van der Waals surface area contributed by atoms with Gasteiger partial charge in [0.15, 0.2) is 0 Å². The van der Waals surface area contributed by atoms with Crippen LogP contribution in [0.3, 0.4) is 0 Å². The van der Waals surface area contributed by atoms with Crippen molar-refractivity contribution < 1.29 is 9.90 Å². The molecule has 0 unspecified atom stereocenters. The van der Waals surface area contributed by atoms with Crippen molar-refractivity contribution in [3.05, 3.63) is 84.6 Å². The molecule has 150 valence electrons. The largest absolute Gasteiger partial charge is 0.478 e. The molecule has 0 spiro atoms. The number of nitrogens with one attached hydrogen (secondary N) is 1. The van der Waals surface area contributed by atoms with Gasteiger partial charge in [-0.1, -0.05) is 12.1 Å². The molecule has 7 heteroatoms. The van der Waals surface area contributed by atoms with Crippen LogP contribution in [0.25, 0.3) is 44.8 Å². The molecule has 0 fully saturated rings. The van der Waals surface area contributed by atoms with E-state index in [0.29, 0.717) is 5.69 Å². The molecule has 31 heavy (non-hydrogen) atoms. The lowest BCUT2D eigenvalue weighted by Crippen LogP contribution is -1.97. The molecule has 2 N–H and O–H groups in total. The number of aromatic carboxylic acids is 1. The Morgan fingerprint density at radius 2 is 1.81 bits per heavy atom. The molecule has 0 atom stereocenters. The van der Waals surface area contributed by atoms with E-state index in [1.165, 1.54) is 12.3 Å². The zero-order chi connectivity index (χ0) is 21.4. The zero-order valence-corrected chi connectivity index (χ0v) is 16.6. The van der Waals surface area contributed by atoms with Crippen LogP contribution in [0.1, 0.15) is 16.1 Å². The zero-order valence-electron chi connectivity index (χ0n) is 16.6. The highest BCUT2D eigenvalue weighted by molar-refractivity contribution is 5.91. The third-order valence-electron chi connectivity index (χ3n) is 5.04. The second kappa shape index (κ2) is 7.46. The monoisotopic (exact) mass is 407 g/mol. The first-order valence-electron chi connectivity index (χ1n) is 9.66. The molecule has 0 radical (unpaired) electrons. The van der Waals surface area contributed by atoms with Gasteiger partial charge in [-0.05, 0) is 49.4 Å². The van der Waals surface area contributed by atoms with Crippen LogP contribution in [-0.4, -0.2) is 36.0 Å². The number of nitrogens with zero attached hydrogens (tertiary/aromatic N) is 4. The Morgan fingerprint density at radius 3 is 2.65 bits per heavy atom. The van der Waals surface area contributed by atoms with E-state index in [0.717, 1.165) is 44.8 Å². The number of benzene rings is 1. The van der Waals surface area contributed by atoms with E-state index < -0.39 is 5.97 Å². The Kier molecular flexibility index (Phi) is 4.48. The summed E-state index contributed by atoms with van der Waals surface area (Å²) in [4.78, 5) is 32.4. The predicted molar refractivity (Wildman–Crippen MR) is 117 cm³/mol. The summed E-state index contributed by atoms with van der Waals surface area (Å²) in [6.07, 6.45) is 4.85. The van der Waals surface area contributed by atoms with Crippen LogP contribution in [0.4, 0.5) is 0 Å². The van der Waals surface area contributed by atoms with Crippen molar-refractivity contribution in [2.75, 3.05) is 0 Å². The molecule has 4 heterocycles. The van der Waals surface area contributed by atoms with Gasteiger partial charge in [0.25, 0.3) is 0 Å². The Hall–Kier alpha value is -4.39. The number of fused-ring (bicyclic) bond motifs is 1. The van der Waals surface area contributed by atoms with Crippen molar-refractivity contribution >= 4 is 16.9 Å². The maximum atomic E-state index is 11.3. The number of rotatable bonds is 4. The van der Waals surface area contributed by atoms with Crippen LogP contribution < -0.4 is 0 Å². The van der Waals surface area contributed by atoms with Gasteiger partial charge in [0.05, 0.1) is 40.2 Å². The Morgan fingerprint density at radius 1 is 0.935 bits per heavy atom. The molecule has 4 aromatic heterocycles. The van der Waals surface area contributed by atoms with Gasteiger partial charge < -0.3 is 10.1 Å². The summed E-state index contributed by atoms with van der Waals surface area (Å²) in [5, 5.41) is 10.2. The number of imidazole rings is 1. The summed E-state index contributed by atoms with van der Waals surface area (Å²) in [7, 11) is 0. The van der Waals surface area contributed by atoms with Gasteiger partial charge in [0.1, 0.15) is 0 Å². The predicted octanol–water partition coefficient (Wildman–Crippen LogP) is 4.76. The van der Waals surface area contributed by atoms with Crippen LogP contribution in [0.5, 0.6) is 0 Å². The molecular formula is C24H17N5O2. The fourth-order valence-electron chi connectivity index (χ4n) is 3.53. The van der Waals surface area contributed by atoms with Crippen molar-refractivity contribution in [1.29, 1.82) is 0 Å². The maximum Gasteiger partial charge on any atom is 0.335 e. The van der Waals surface area contributed by atoms with Gasteiger partial charge in [0, 0.05) is 34.6 Å². The Labute approximate surface area is 177 Å². The number of hydrogen-bond donors (Lipinski definition) is 2. The van der Waals surface area contributed by atoms with Crippen molar-refractivity contribution in [2.24, 2.45) is 0 Å². The lowest BCUT2D eigenvalue weighted by atomic mass is 10.0. The van der Waals surface area contributed by atoms with Gasteiger partial charge >= 0.3 is 5.97 Å². The SMILES string of the molecule is Cc1cccc(-c2[nH]cnc2-c2ccc3ncc(-c4cc(C(=O)O)ccn4)cc3c2)n1. The standard InChI is InChI=1S/C24H17N5O2/c1-14-3-2-4-20(29-14)23-22(27-13-28-23)15-5-6-19-17(9-15)10-18(12-26-19)21-11-16(24(30)31)7-8-25-21/h2-13H,1H3,(H,27,28)(H,30,31). The van der Waals surface area contributed by atoms with E-state index in [-0.39, 0.29) is 5.56 Å². The third kappa shape index (κ3) is 3.53. The molecule has 5 rings (SSSR count). The molecule has 0 saturated heterocycles. The molecule has 0 aliphatic heterocycles. The van der Waals surface area contributed by atoms with Gasteiger partial charge in [-0.2, -0.15) is 0 Å². The van der Waals surface area contributed by atoms with Crippen molar-refractivity contribution in [3.8, 4) is 33.9 Å². The molecule has 0 saturated carbocycles. The highest BCUT2D eigenvalue weighted by Gasteiger charge is 2.13. The van der Waals surface area contributed by atoms with E-state index in [9.17, 15) is 9.90 Å². The molecule has 0 bridgehead atoms. The first-order chi connectivity index (χ1) is 15.1. The number of aromatic nitrogens is 5. The van der Waals surface area contributed by atoms with Gasteiger partial charge in [-0.3, -0.25) is 15.0 Å². The number of aryl methyl sites for hydroxylation is 1. The van der Waals surface area contributed by atoms with Gasteiger partial charge in [-0.25, -0.2) is 9.78 Å². The van der Waals surface area contributed by atoms with Gasteiger partial charge in [0.2, 0.25) is 0 Å². The second-order valence-electron chi connectivity index (χ2n) is 7.16. The summed E-state index contributed by atoms with van der Waals surface area (Å²) in [5.41, 5.74) is 6.66. The average molecular weight is 407 g/mol. The summed E-state index contributed by atoms with van der Waals surface area (Å²) >= 11 is 0. The second-order valence-corrected chi connectivity index (χ2v) is 7.16. The van der Waals surface area contributed by atoms with Crippen molar-refractivity contribution in [3.63, 3.8) is 0 Å². The molecule has 1 aromatic carbocycles. The van der Waals surface area contributed by atoms with E-state index in [1.807, 2.05) is 49.4 Å².